The molecule has 0 aromatic rings. The van der Waals surface area contributed by atoms with Crippen LogP contribution >= 0.6 is 0 Å². The molecule has 0 rings (SSSR count). The molecule has 3 heteroatoms. The predicted molar refractivity (Wildman–Crippen MR) is 140 cm³/mol. The number of hydrogen-bond acceptors (Lipinski definition) is 3. The van der Waals surface area contributed by atoms with Gasteiger partial charge >= 0.3 is 0 Å². The van der Waals surface area contributed by atoms with Crippen LogP contribution in [0.3, 0.4) is 0 Å². The van der Waals surface area contributed by atoms with Crippen molar-refractivity contribution in [3.8, 4) is 0 Å². The molecule has 1 N–H and O–H groups in total. The fourth-order valence-electron chi connectivity index (χ4n) is 4.25. The van der Waals surface area contributed by atoms with Gasteiger partial charge in [0.15, 0.2) is 0 Å². The molecule has 0 radical (unpaired) electrons. The molecule has 1 unspecified atom stereocenters. The van der Waals surface area contributed by atoms with Crippen molar-refractivity contribution < 1.29 is 14.6 Å². The molecular weight excluding hydrogens is 396 g/mol. The monoisotopic (exact) mass is 456 g/mol. The van der Waals surface area contributed by atoms with Gasteiger partial charge in [-0.3, -0.25) is 0 Å². The molecule has 1 atom stereocenters. The molecular formula is C29H60O3. The van der Waals surface area contributed by atoms with Gasteiger partial charge in [-0.2, -0.15) is 0 Å². The SMILES string of the molecule is CCCCCCCCCCCCCOC(O)(CCCCCCC)OCCCCCCCC. The highest BCUT2D eigenvalue weighted by Crippen LogP contribution is 2.21. The van der Waals surface area contributed by atoms with Crippen LogP contribution in [0.1, 0.15) is 168 Å². The second-order valence-corrected chi connectivity index (χ2v) is 9.88. The van der Waals surface area contributed by atoms with Crippen molar-refractivity contribution in [2.75, 3.05) is 13.2 Å². The summed E-state index contributed by atoms with van der Waals surface area (Å²) < 4.78 is 11.8. The average molecular weight is 457 g/mol. The molecule has 0 aromatic heterocycles. The summed E-state index contributed by atoms with van der Waals surface area (Å²) in [6.07, 6.45) is 28.4. The van der Waals surface area contributed by atoms with Gasteiger partial charge in [0.05, 0.1) is 13.2 Å². The fourth-order valence-corrected chi connectivity index (χ4v) is 4.25. The van der Waals surface area contributed by atoms with E-state index in [0.717, 1.165) is 25.7 Å². The molecule has 0 aliphatic heterocycles. The van der Waals surface area contributed by atoms with E-state index in [1.54, 1.807) is 0 Å². The first-order valence-electron chi connectivity index (χ1n) is 14.7. The number of rotatable bonds is 27. The Morgan fingerprint density at radius 3 is 1.03 bits per heavy atom. The molecule has 0 bridgehead atoms. The molecule has 194 valence electrons. The third-order valence-corrected chi connectivity index (χ3v) is 6.50. The van der Waals surface area contributed by atoms with Gasteiger partial charge < -0.3 is 14.6 Å². The van der Waals surface area contributed by atoms with Gasteiger partial charge in [0.1, 0.15) is 0 Å². The maximum Gasteiger partial charge on any atom is 0.280 e. The lowest BCUT2D eigenvalue weighted by Crippen LogP contribution is -2.36. The molecule has 0 aliphatic carbocycles. The van der Waals surface area contributed by atoms with Gasteiger partial charge in [-0.25, -0.2) is 0 Å². The molecule has 0 fully saturated rings. The minimum atomic E-state index is -1.37. The largest absolute Gasteiger partial charge is 0.343 e. The normalized spacial score (nSPS) is 13.5. The highest BCUT2D eigenvalue weighted by Gasteiger charge is 2.28. The van der Waals surface area contributed by atoms with Crippen LogP contribution in [0.2, 0.25) is 0 Å². The highest BCUT2D eigenvalue weighted by atomic mass is 16.8. The summed E-state index contributed by atoms with van der Waals surface area (Å²) in [7, 11) is 0. The summed E-state index contributed by atoms with van der Waals surface area (Å²) in [5.41, 5.74) is 0. The van der Waals surface area contributed by atoms with Gasteiger partial charge in [0.2, 0.25) is 0 Å². The van der Waals surface area contributed by atoms with Crippen molar-refractivity contribution in [3.05, 3.63) is 0 Å². The third kappa shape index (κ3) is 23.1. The molecule has 0 aromatic carbocycles. The zero-order valence-corrected chi connectivity index (χ0v) is 22.4. The summed E-state index contributed by atoms with van der Waals surface area (Å²) >= 11 is 0. The number of unbranched alkanes of at least 4 members (excludes halogenated alkanes) is 19. The van der Waals surface area contributed by atoms with Crippen LogP contribution in [0.5, 0.6) is 0 Å². The molecule has 32 heavy (non-hydrogen) atoms. The lowest BCUT2D eigenvalue weighted by atomic mass is 10.1. The fraction of sp³-hybridized carbons (Fsp3) is 1.00. The quantitative estimate of drug-likeness (QED) is 0.0987. The minimum Gasteiger partial charge on any atom is -0.343 e. The lowest BCUT2D eigenvalue weighted by Gasteiger charge is -2.28. The number of ether oxygens (including phenoxy) is 2. The predicted octanol–water partition coefficient (Wildman–Crippen LogP) is 9.70. The van der Waals surface area contributed by atoms with Crippen LogP contribution in [0.4, 0.5) is 0 Å². The van der Waals surface area contributed by atoms with Crippen LogP contribution in [0, 0.1) is 0 Å². The summed E-state index contributed by atoms with van der Waals surface area (Å²) in [4.78, 5) is 0. The van der Waals surface area contributed by atoms with Crippen LogP contribution in [-0.4, -0.2) is 24.3 Å². The molecule has 0 saturated heterocycles. The van der Waals surface area contributed by atoms with Crippen molar-refractivity contribution in [2.45, 2.75) is 174 Å². The lowest BCUT2D eigenvalue weighted by molar-refractivity contribution is -0.364. The highest BCUT2D eigenvalue weighted by molar-refractivity contribution is 4.58. The second kappa shape index (κ2) is 25.5. The topological polar surface area (TPSA) is 38.7 Å². The van der Waals surface area contributed by atoms with E-state index in [-0.39, 0.29) is 0 Å². The Morgan fingerprint density at radius 2 is 0.688 bits per heavy atom. The minimum absolute atomic E-state index is 0.602. The van der Waals surface area contributed by atoms with Crippen LogP contribution in [0.15, 0.2) is 0 Å². The van der Waals surface area contributed by atoms with Crippen molar-refractivity contribution >= 4 is 0 Å². The molecule has 0 heterocycles. The van der Waals surface area contributed by atoms with Crippen molar-refractivity contribution in [1.29, 1.82) is 0 Å². The van der Waals surface area contributed by atoms with Gasteiger partial charge in [-0.1, -0.05) is 143 Å². The Labute approximate surface area is 202 Å². The summed E-state index contributed by atoms with van der Waals surface area (Å²) in [5.74, 6) is -1.37. The van der Waals surface area contributed by atoms with E-state index in [1.165, 1.54) is 116 Å². The molecule has 0 saturated carbocycles. The Hall–Kier alpha value is -0.120. The number of aliphatic hydroxyl groups is 1. The molecule has 3 nitrogen and oxygen atoms in total. The standard InChI is InChI=1S/C29H60O3/c1-4-7-10-13-15-16-17-18-19-22-25-28-32-29(30,26-23-20-12-9-6-3)31-27-24-21-14-11-8-5-2/h30H,4-28H2,1-3H3. The van der Waals surface area contributed by atoms with E-state index in [0.29, 0.717) is 19.6 Å². The van der Waals surface area contributed by atoms with E-state index < -0.39 is 5.97 Å². The molecule has 0 aliphatic rings. The first kappa shape index (κ1) is 31.9. The van der Waals surface area contributed by atoms with Gasteiger partial charge in [0.25, 0.3) is 5.97 Å². The van der Waals surface area contributed by atoms with E-state index in [4.69, 9.17) is 9.47 Å². The Bertz CT molecular complexity index is 347. The third-order valence-electron chi connectivity index (χ3n) is 6.50. The van der Waals surface area contributed by atoms with Gasteiger partial charge in [-0.05, 0) is 19.3 Å². The maximum absolute atomic E-state index is 10.9. The average Bonchev–Trinajstić information content (AvgIpc) is 2.79. The first-order chi connectivity index (χ1) is 15.7. The smallest absolute Gasteiger partial charge is 0.280 e. The van der Waals surface area contributed by atoms with Crippen LogP contribution < -0.4 is 0 Å². The number of hydrogen-bond donors (Lipinski definition) is 1. The maximum atomic E-state index is 10.9. The van der Waals surface area contributed by atoms with Crippen LogP contribution in [0.25, 0.3) is 0 Å². The van der Waals surface area contributed by atoms with E-state index in [9.17, 15) is 5.11 Å². The summed E-state index contributed by atoms with van der Waals surface area (Å²) in [6, 6.07) is 0. The second-order valence-electron chi connectivity index (χ2n) is 9.88. The van der Waals surface area contributed by atoms with Crippen molar-refractivity contribution in [3.63, 3.8) is 0 Å². The van der Waals surface area contributed by atoms with Crippen molar-refractivity contribution in [1.82, 2.24) is 0 Å². The molecule has 0 spiro atoms. The summed E-state index contributed by atoms with van der Waals surface area (Å²) in [6.45, 7) is 7.97. The Morgan fingerprint density at radius 1 is 0.406 bits per heavy atom. The summed E-state index contributed by atoms with van der Waals surface area (Å²) in [5, 5.41) is 10.9. The van der Waals surface area contributed by atoms with E-state index >= 15 is 0 Å². The molecule has 0 amide bonds. The van der Waals surface area contributed by atoms with Gasteiger partial charge in [0, 0.05) is 6.42 Å². The van der Waals surface area contributed by atoms with Gasteiger partial charge in [-0.15, -0.1) is 0 Å². The Kier molecular flexibility index (Phi) is 25.4. The zero-order chi connectivity index (χ0) is 23.6. The zero-order valence-electron chi connectivity index (χ0n) is 22.4. The Balaban J connectivity index is 3.90. The van der Waals surface area contributed by atoms with Crippen LogP contribution in [-0.2, 0) is 9.47 Å². The van der Waals surface area contributed by atoms with E-state index in [1.807, 2.05) is 0 Å². The van der Waals surface area contributed by atoms with Crippen molar-refractivity contribution in [2.24, 2.45) is 0 Å². The van der Waals surface area contributed by atoms with E-state index in [2.05, 4.69) is 20.8 Å². The first-order valence-corrected chi connectivity index (χ1v) is 14.7.